The van der Waals surface area contributed by atoms with Gasteiger partial charge in [0, 0.05) is 28.6 Å². The van der Waals surface area contributed by atoms with Crippen LogP contribution < -0.4 is 0 Å². The summed E-state index contributed by atoms with van der Waals surface area (Å²) < 4.78 is 4.28. The van der Waals surface area contributed by atoms with Gasteiger partial charge in [-0.3, -0.25) is 4.68 Å². The second-order valence-electron chi connectivity index (χ2n) is 7.60. The van der Waals surface area contributed by atoms with Gasteiger partial charge in [-0.05, 0) is 45.2 Å². The molecule has 0 bridgehead atoms. The number of aliphatic hydroxyl groups excluding tert-OH is 1. The molecule has 1 aliphatic carbocycles. The Balaban J connectivity index is 2.13. The minimum absolute atomic E-state index is 0.00250. The van der Waals surface area contributed by atoms with Gasteiger partial charge in [-0.25, -0.2) is 0 Å². The van der Waals surface area contributed by atoms with Crippen LogP contribution in [0, 0.1) is 13.8 Å². The maximum absolute atomic E-state index is 10.3. The van der Waals surface area contributed by atoms with Crippen LogP contribution in [0.5, 0.6) is 0 Å². The van der Waals surface area contributed by atoms with Gasteiger partial charge in [0.1, 0.15) is 0 Å². The standard InChI is InChI=1S/C18H27N3O/c1-12-9-10-13(2)20(12)17-11-16(18(3,4)5)21(19-17)14-7-6-8-15(14)22/h9-11,14-15,22H,6-8H2,1-5H3/t14-,15?/m0/s1. The van der Waals surface area contributed by atoms with E-state index < -0.39 is 0 Å². The normalized spacial score (nSPS) is 22.5. The lowest BCUT2D eigenvalue weighted by atomic mass is 9.91. The van der Waals surface area contributed by atoms with Gasteiger partial charge in [0.15, 0.2) is 5.82 Å². The van der Waals surface area contributed by atoms with Crippen molar-refractivity contribution < 1.29 is 5.11 Å². The SMILES string of the molecule is Cc1ccc(C)n1-c1cc(C(C)(C)C)n([C@H]2CCCC2O)n1. The summed E-state index contributed by atoms with van der Waals surface area (Å²) in [6.07, 6.45) is 2.69. The van der Waals surface area contributed by atoms with Crippen LogP contribution in [-0.4, -0.2) is 25.6 Å². The summed E-state index contributed by atoms with van der Waals surface area (Å²) in [5, 5.41) is 15.2. The molecule has 120 valence electrons. The van der Waals surface area contributed by atoms with Crippen LogP contribution in [0.4, 0.5) is 0 Å². The first-order valence-corrected chi connectivity index (χ1v) is 8.22. The predicted octanol–water partition coefficient (Wildman–Crippen LogP) is 3.67. The molecule has 4 heteroatoms. The minimum atomic E-state index is -0.277. The van der Waals surface area contributed by atoms with Crippen LogP contribution in [-0.2, 0) is 5.41 Å². The first-order chi connectivity index (χ1) is 10.3. The van der Waals surface area contributed by atoms with Gasteiger partial charge in [-0.15, -0.1) is 0 Å². The summed E-state index contributed by atoms with van der Waals surface area (Å²) in [5.41, 5.74) is 3.58. The Hall–Kier alpha value is -1.55. The van der Waals surface area contributed by atoms with E-state index in [0.717, 1.165) is 25.1 Å². The highest BCUT2D eigenvalue weighted by atomic mass is 16.3. The highest BCUT2D eigenvalue weighted by Gasteiger charge is 2.32. The lowest BCUT2D eigenvalue weighted by Gasteiger charge is -2.25. The minimum Gasteiger partial charge on any atom is -0.391 e. The Morgan fingerprint density at radius 1 is 1.14 bits per heavy atom. The molecule has 2 heterocycles. The van der Waals surface area contributed by atoms with Crippen LogP contribution in [0.15, 0.2) is 18.2 Å². The fourth-order valence-corrected chi connectivity index (χ4v) is 3.54. The molecular weight excluding hydrogens is 274 g/mol. The molecule has 22 heavy (non-hydrogen) atoms. The molecule has 2 aromatic rings. The Morgan fingerprint density at radius 2 is 1.77 bits per heavy atom. The third-order valence-electron chi connectivity index (χ3n) is 4.75. The Kier molecular flexibility index (Phi) is 3.68. The maximum Gasteiger partial charge on any atom is 0.159 e. The average molecular weight is 301 g/mol. The van der Waals surface area contributed by atoms with Crippen molar-refractivity contribution in [2.24, 2.45) is 0 Å². The van der Waals surface area contributed by atoms with Crippen molar-refractivity contribution in [3.05, 3.63) is 35.3 Å². The first-order valence-electron chi connectivity index (χ1n) is 8.22. The largest absolute Gasteiger partial charge is 0.391 e. The second kappa shape index (κ2) is 5.27. The van der Waals surface area contributed by atoms with E-state index in [2.05, 4.69) is 62.1 Å². The predicted molar refractivity (Wildman–Crippen MR) is 88.6 cm³/mol. The monoisotopic (exact) mass is 301 g/mol. The summed E-state index contributed by atoms with van der Waals surface area (Å²) in [5.74, 6) is 0.962. The van der Waals surface area contributed by atoms with E-state index in [1.807, 2.05) is 0 Å². The fourth-order valence-electron chi connectivity index (χ4n) is 3.54. The molecular formula is C18H27N3O. The number of rotatable bonds is 2. The van der Waals surface area contributed by atoms with Crippen molar-refractivity contribution in [3.63, 3.8) is 0 Å². The summed E-state index contributed by atoms with van der Waals surface area (Å²) in [4.78, 5) is 0. The second-order valence-corrected chi connectivity index (χ2v) is 7.60. The number of aromatic nitrogens is 3. The summed E-state index contributed by atoms with van der Waals surface area (Å²) in [7, 11) is 0. The molecule has 2 atom stereocenters. The highest BCUT2D eigenvalue weighted by molar-refractivity contribution is 5.35. The average Bonchev–Trinajstić information content (AvgIpc) is 3.08. The number of aliphatic hydroxyl groups is 1. The van der Waals surface area contributed by atoms with Crippen molar-refractivity contribution in [1.82, 2.24) is 14.3 Å². The van der Waals surface area contributed by atoms with E-state index in [4.69, 9.17) is 5.10 Å². The fraction of sp³-hybridized carbons (Fsp3) is 0.611. The van der Waals surface area contributed by atoms with E-state index in [0.29, 0.717) is 0 Å². The quantitative estimate of drug-likeness (QED) is 0.919. The Bertz CT molecular complexity index is 656. The zero-order valence-electron chi connectivity index (χ0n) is 14.3. The van der Waals surface area contributed by atoms with Gasteiger partial charge in [0.2, 0.25) is 0 Å². The summed E-state index contributed by atoms with van der Waals surface area (Å²) in [6.45, 7) is 10.8. The van der Waals surface area contributed by atoms with E-state index in [9.17, 15) is 5.11 Å². The molecule has 0 spiro atoms. The molecule has 0 saturated heterocycles. The molecule has 1 N–H and O–H groups in total. The third-order valence-corrected chi connectivity index (χ3v) is 4.75. The number of aryl methyl sites for hydroxylation is 2. The first kappa shape index (κ1) is 15.3. The molecule has 3 rings (SSSR count). The summed E-state index contributed by atoms with van der Waals surface area (Å²) in [6, 6.07) is 6.54. The van der Waals surface area contributed by atoms with Crippen LogP contribution in [0.2, 0.25) is 0 Å². The lowest BCUT2D eigenvalue weighted by molar-refractivity contribution is 0.127. The molecule has 1 saturated carbocycles. The highest BCUT2D eigenvalue weighted by Crippen LogP contribution is 2.35. The molecule has 1 aliphatic rings. The Morgan fingerprint density at radius 3 is 2.27 bits per heavy atom. The van der Waals surface area contributed by atoms with E-state index in [1.165, 1.54) is 17.1 Å². The number of nitrogens with zero attached hydrogens (tertiary/aromatic N) is 3. The van der Waals surface area contributed by atoms with Gasteiger partial charge in [0.05, 0.1) is 12.1 Å². The molecule has 4 nitrogen and oxygen atoms in total. The molecule has 0 amide bonds. The molecule has 0 aromatic carbocycles. The number of hydrogen-bond donors (Lipinski definition) is 1. The van der Waals surface area contributed by atoms with Crippen molar-refractivity contribution in [2.75, 3.05) is 0 Å². The van der Waals surface area contributed by atoms with Gasteiger partial charge in [-0.1, -0.05) is 20.8 Å². The molecule has 2 aromatic heterocycles. The zero-order valence-corrected chi connectivity index (χ0v) is 14.3. The van der Waals surface area contributed by atoms with Gasteiger partial charge in [0.25, 0.3) is 0 Å². The van der Waals surface area contributed by atoms with Crippen LogP contribution in [0.25, 0.3) is 5.82 Å². The number of hydrogen-bond acceptors (Lipinski definition) is 2. The third kappa shape index (κ3) is 2.50. The maximum atomic E-state index is 10.3. The van der Waals surface area contributed by atoms with E-state index in [-0.39, 0.29) is 17.6 Å². The van der Waals surface area contributed by atoms with Crippen molar-refractivity contribution in [1.29, 1.82) is 0 Å². The Labute approximate surface area is 132 Å². The molecule has 1 unspecified atom stereocenters. The van der Waals surface area contributed by atoms with E-state index in [1.54, 1.807) is 0 Å². The van der Waals surface area contributed by atoms with Crippen molar-refractivity contribution >= 4 is 0 Å². The van der Waals surface area contributed by atoms with Crippen molar-refractivity contribution in [2.45, 2.75) is 71.4 Å². The zero-order chi connectivity index (χ0) is 16.1. The summed E-state index contributed by atoms with van der Waals surface area (Å²) >= 11 is 0. The lowest BCUT2D eigenvalue weighted by Crippen LogP contribution is -2.26. The van der Waals surface area contributed by atoms with Gasteiger partial charge >= 0.3 is 0 Å². The van der Waals surface area contributed by atoms with Crippen LogP contribution >= 0.6 is 0 Å². The van der Waals surface area contributed by atoms with Crippen molar-refractivity contribution in [3.8, 4) is 5.82 Å². The van der Waals surface area contributed by atoms with Gasteiger partial charge < -0.3 is 9.67 Å². The topological polar surface area (TPSA) is 43.0 Å². The van der Waals surface area contributed by atoms with Crippen LogP contribution in [0.3, 0.4) is 0 Å². The molecule has 0 radical (unpaired) electrons. The molecule has 1 fully saturated rings. The van der Waals surface area contributed by atoms with Gasteiger partial charge in [-0.2, -0.15) is 5.10 Å². The molecule has 0 aliphatic heterocycles. The van der Waals surface area contributed by atoms with E-state index >= 15 is 0 Å². The smallest absolute Gasteiger partial charge is 0.159 e. The van der Waals surface area contributed by atoms with Crippen LogP contribution in [0.1, 0.15) is 63.2 Å².